The molecule has 3 aromatic rings. The molecular formula is C19H13FN2O3S. The zero-order valence-corrected chi connectivity index (χ0v) is 14.3. The molecule has 1 unspecified atom stereocenters. The monoisotopic (exact) mass is 368 g/mol. The van der Waals surface area contributed by atoms with Crippen LogP contribution in [-0.2, 0) is 4.79 Å². The Balaban J connectivity index is 1.59. The Hall–Kier alpha value is -2.93. The highest BCUT2D eigenvalue weighted by atomic mass is 32.1. The number of aromatic nitrogens is 1. The van der Waals surface area contributed by atoms with Crippen LogP contribution in [0, 0.1) is 5.82 Å². The van der Waals surface area contributed by atoms with Crippen molar-refractivity contribution in [3.05, 3.63) is 58.7 Å². The van der Waals surface area contributed by atoms with Crippen molar-refractivity contribution in [2.75, 3.05) is 12.1 Å². The summed E-state index contributed by atoms with van der Waals surface area (Å²) in [5.74, 6) is 0.938. The van der Waals surface area contributed by atoms with Crippen LogP contribution in [0.4, 0.5) is 10.1 Å². The van der Waals surface area contributed by atoms with E-state index < -0.39 is 0 Å². The van der Waals surface area contributed by atoms with Crippen LogP contribution in [0.25, 0.3) is 11.3 Å². The van der Waals surface area contributed by atoms with Crippen molar-refractivity contribution in [3.8, 4) is 22.8 Å². The van der Waals surface area contributed by atoms with Crippen LogP contribution in [-0.4, -0.2) is 17.1 Å². The Bertz CT molecular complexity index is 1020. The van der Waals surface area contributed by atoms with Gasteiger partial charge in [-0.3, -0.25) is 4.79 Å². The molecule has 0 radical (unpaired) electrons. The molecule has 0 spiro atoms. The number of nitrogens with one attached hydrogen (secondary N) is 1. The normalized spacial score (nSPS) is 17.7. The summed E-state index contributed by atoms with van der Waals surface area (Å²) >= 11 is 1.36. The number of carbonyl (C=O) groups is 1. The second-order valence-electron chi connectivity index (χ2n) is 6.19. The van der Waals surface area contributed by atoms with Gasteiger partial charge in [-0.25, -0.2) is 4.39 Å². The number of amides is 1. The van der Waals surface area contributed by atoms with Crippen molar-refractivity contribution in [2.24, 2.45) is 0 Å². The van der Waals surface area contributed by atoms with E-state index in [2.05, 4.69) is 9.69 Å². The van der Waals surface area contributed by atoms with Crippen molar-refractivity contribution in [3.63, 3.8) is 0 Å². The zero-order chi connectivity index (χ0) is 17.7. The van der Waals surface area contributed by atoms with Crippen LogP contribution in [0.15, 0.2) is 42.5 Å². The summed E-state index contributed by atoms with van der Waals surface area (Å²) in [5.41, 5.74) is 3.14. The number of fused-ring (bicyclic) bond motifs is 2. The minimum Gasteiger partial charge on any atom is -0.454 e. The van der Waals surface area contributed by atoms with E-state index in [1.165, 1.54) is 23.7 Å². The number of ether oxygens (including phenoxy) is 2. The lowest BCUT2D eigenvalue weighted by molar-refractivity contribution is -0.116. The smallest absolute Gasteiger partial charge is 0.231 e. The maximum Gasteiger partial charge on any atom is 0.231 e. The number of hydrogen-bond acceptors (Lipinski definition) is 5. The summed E-state index contributed by atoms with van der Waals surface area (Å²) in [6, 6.07) is 11.9. The van der Waals surface area contributed by atoms with E-state index in [9.17, 15) is 9.18 Å². The van der Waals surface area contributed by atoms with Gasteiger partial charge in [-0.15, -0.1) is 0 Å². The van der Waals surface area contributed by atoms with Crippen LogP contribution in [0.5, 0.6) is 11.5 Å². The number of nitrogens with zero attached hydrogens (tertiary/aromatic N) is 1. The Morgan fingerprint density at radius 2 is 1.92 bits per heavy atom. The molecule has 1 N–H and O–H groups in total. The first-order valence-corrected chi connectivity index (χ1v) is 8.91. The van der Waals surface area contributed by atoms with Gasteiger partial charge in [0.15, 0.2) is 11.5 Å². The Morgan fingerprint density at radius 1 is 1.12 bits per heavy atom. The number of benzene rings is 2. The lowest BCUT2D eigenvalue weighted by Crippen LogP contribution is -2.22. The highest BCUT2D eigenvalue weighted by Crippen LogP contribution is 2.46. The van der Waals surface area contributed by atoms with Gasteiger partial charge in [0.1, 0.15) is 11.5 Å². The maximum atomic E-state index is 13.2. The number of hydrogen-bond donors (Lipinski definition) is 1. The average Bonchev–Trinajstić information content (AvgIpc) is 3.27. The topological polar surface area (TPSA) is 60.5 Å². The van der Waals surface area contributed by atoms with Gasteiger partial charge in [0.05, 0.1) is 10.6 Å². The minimum atomic E-state index is -0.305. The van der Waals surface area contributed by atoms with Gasteiger partial charge in [-0.2, -0.15) is 4.37 Å². The van der Waals surface area contributed by atoms with Crippen molar-refractivity contribution in [1.82, 2.24) is 4.37 Å². The fourth-order valence-electron chi connectivity index (χ4n) is 3.33. The number of halogens is 1. The highest BCUT2D eigenvalue weighted by molar-refractivity contribution is 7.07. The molecule has 2 aliphatic rings. The summed E-state index contributed by atoms with van der Waals surface area (Å²) < 4.78 is 28.6. The third-order valence-corrected chi connectivity index (χ3v) is 5.56. The van der Waals surface area contributed by atoms with Crippen molar-refractivity contribution in [1.29, 1.82) is 0 Å². The molecule has 7 heteroatoms. The third kappa shape index (κ3) is 2.43. The molecule has 26 heavy (non-hydrogen) atoms. The first kappa shape index (κ1) is 15.3. The summed E-state index contributed by atoms with van der Waals surface area (Å²) in [4.78, 5) is 13.3. The Labute approximate surface area is 152 Å². The predicted molar refractivity (Wildman–Crippen MR) is 95.2 cm³/mol. The van der Waals surface area contributed by atoms with Gasteiger partial charge in [-0.1, -0.05) is 6.07 Å². The molecule has 2 aromatic carbocycles. The molecule has 5 nitrogen and oxygen atoms in total. The van der Waals surface area contributed by atoms with Gasteiger partial charge in [0.2, 0.25) is 12.7 Å². The van der Waals surface area contributed by atoms with Crippen LogP contribution >= 0.6 is 11.5 Å². The molecule has 1 atom stereocenters. The van der Waals surface area contributed by atoms with E-state index in [0.717, 1.165) is 16.0 Å². The van der Waals surface area contributed by atoms with Crippen LogP contribution in [0.1, 0.15) is 22.8 Å². The second kappa shape index (κ2) is 5.81. The fourth-order valence-corrected chi connectivity index (χ4v) is 4.31. The van der Waals surface area contributed by atoms with Gasteiger partial charge >= 0.3 is 0 Å². The predicted octanol–water partition coefficient (Wildman–Crippen LogP) is 4.15. The van der Waals surface area contributed by atoms with Crippen molar-refractivity contribution in [2.45, 2.75) is 12.3 Å². The van der Waals surface area contributed by atoms with E-state index >= 15 is 0 Å². The molecule has 0 saturated carbocycles. The first-order chi connectivity index (χ1) is 12.7. The number of carbonyl (C=O) groups excluding carboxylic acids is 1. The number of anilines is 1. The molecule has 3 heterocycles. The number of rotatable bonds is 2. The van der Waals surface area contributed by atoms with Crippen molar-refractivity contribution >= 4 is 23.1 Å². The quantitative estimate of drug-likeness (QED) is 0.738. The van der Waals surface area contributed by atoms with E-state index in [4.69, 9.17) is 9.47 Å². The molecule has 1 amide bonds. The summed E-state index contributed by atoms with van der Waals surface area (Å²) in [6.45, 7) is 0.213. The molecule has 130 valence electrons. The average molecular weight is 368 g/mol. The summed E-state index contributed by atoms with van der Waals surface area (Å²) in [5, 5.41) is 2.93. The van der Waals surface area contributed by atoms with Crippen molar-refractivity contribution < 1.29 is 18.7 Å². The highest BCUT2D eigenvalue weighted by Gasteiger charge is 2.32. The lowest BCUT2D eigenvalue weighted by atomic mass is 9.89. The standard InChI is InChI=1S/C19H13FN2O3S/c20-12-4-1-10(2-5-12)17-18-19(26-22-17)13(8-16(23)21-18)11-3-6-14-15(7-11)25-9-24-14/h1-7,13H,8-9H2,(H,21,23). The summed E-state index contributed by atoms with van der Waals surface area (Å²) in [6.07, 6.45) is 0.345. The molecular weight excluding hydrogens is 355 g/mol. The van der Waals surface area contributed by atoms with Gasteiger partial charge < -0.3 is 14.8 Å². The SMILES string of the molecule is O=C1CC(c2ccc3c(c2)OCO3)c2snc(-c3ccc(F)cc3)c2N1. The molecule has 5 rings (SSSR count). The Kier molecular flexibility index (Phi) is 3.43. The van der Waals surface area contributed by atoms with Crippen LogP contribution in [0.2, 0.25) is 0 Å². The molecule has 2 aliphatic heterocycles. The van der Waals surface area contributed by atoms with E-state index in [1.54, 1.807) is 12.1 Å². The Morgan fingerprint density at radius 3 is 2.77 bits per heavy atom. The van der Waals surface area contributed by atoms with Gasteiger partial charge in [0.25, 0.3) is 0 Å². The fraction of sp³-hybridized carbons (Fsp3) is 0.158. The summed E-state index contributed by atoms with van der Waals surface area (Å²) in [7, 11) is 0. The molecule has 0 aliphatic carbocycles. The molecule has 1 aromatic heterocycles. The first-order valence-electron chi connectivity index (χ1n) is 8.14. The van der Waals surface area contributed by atoms with Crippen LogP contribution < -0.4 is 14.8 Å². The second-order valence-corrected chi connectivity index (χ2v) is 7.00. The molecule has 0 saturated heterocycles. The largest absolute Gasteiger partial charge is 0.454 e. The van der Waals surface area contributed by atoms with Crippen LogP contribution in [0.3, 0.4) is 0 Å². The van der Waals surface area contributed by atoms with E-state index in [0.29, 0.717) is 29.3 Å². The molecule has 0 bridgehead atoms. The third-order valence-electron chi connectivity index (χ3n) is 4.61. The zero-order valence-electron chi connectivity index (χ0n) is 13.5. The van der Waals surface area contributed by atoms with Gasteiger partial charge in [0, 0.05) is 17.9 Å². The minimum absolute atomic E-state index is 0.0660. The molecule has 0 fully saturated rings. The lowest BCUT2D eigenvalue weighted by Gasteiger charge is -2.23. The van der Waals surface area contributed by atoms with E-state index in [1.807, 2.05) is 18.2 Å². The maximum absolute atomic E-state index is 13.2. The van der Waals surface area contributed by atoms with Gasteiger partial charge in [-0.05, 0) is 53.5 Å². The van der Waals surface area contributed by atoms with E-state index in [-0.39, 0.29) is 24.4 Å².